The Kier molecular flexibility index (Phi) is 4.58. The number of anilines is 1. The monoisotopic (exact) mass is 481 g/mol. The van der Waals surface area contributed by atoms with E-state index in [0.717, 1.165) is 37.3 Å². The van der Waals surface area contributed by atoms with Gasteiger partial charge in [-0.2, -0.15) is 23.4 Å². The molecule has 4 aliphatic rings. The molecule has 0 N–H and O–H groups in total. The Labute approximate surface area is 197 Å². The van der Waals surface area contributed by atoms with Crippen LogP contribution >= 0.6 is 0 Å². The molecule has 2 atom stereocenters. The Balaban J connectivity index is 1.18. The van der Waals surface area contributed by atoms with Crippen molar-refractivity contribution in [2.75, 3.05) is 4.90 Å². The number of benzene rings is 1. The van der Waals surface area contributed by atoms with Gasteiger partial charge in [0.15, 0.2) is 0 Å². The highest BCUT2D eigenvalue weighted by Crippen LogP contribution is 2.56. The molecule has 8 nitrogen and oxygen atoms in total. The molecule has 1 aliphatic carbocycles. The molecule has 2 saturated heterocycles. The average Bonchev–Trinajstić information content (AvgIpc) is 3.46. The summed E-state index contributed by atoms with van der Waals surface area (Å²) in [5.41, 5.74) is -0.637. The van der Waals surface area contributed by atoms with Crippen LogP contribution in [0.2, 0.25) is 0 Å². The summed E-state index contributed by atoms with van der Waals surface area (Å²) in [7, 11) is 0. The Morgan fingerprint density at radius 1 is 1.23 bits per heavy atom. The number of hydrogen-bond acceptors (Lipinski definition) is 7. The van der Waals surface area contributed by atoms with Gasteiger partial charge in [0.1, 0.15) is 35.7 Å². The van der Waals surface area contributed by atoms with Gasteiger partial charge in [-0.3, -0.25) is 9.55 Å². The topological polar surface area (TPSA) is 93.3 Å². The van der Waals surface area contributed by atoms with Gasteiger partial charge in [0, 0.05) is 24.4 Å². The zero-order chi connectivity index (χ0) is 24.4. The first-order chi connectivity index (χ1) is 16.8. The van der Waals surface area contributed by atoms with Crippen LogP contribution in [-0.2, 0) is 19.3 Å². The van der Waals surface area contributed by atoms with E-state index < -0.39 is 11.9 Å². The van der Waals surface area contributed by atoms with Crippen molar-refractivity contribution in [1.29, 1.82) is 5.26 Å². The van der Waals surface area contributed by atoms with Crippen LogP contribution < -0.4 is 20.1 Å². The standard InChI is InChI=1S/C24H18F3N5O3/c25-24(26,27)19-8-17(4-6-29-19)35-18-2-1-14(7-15(18)11-28)12-34-20-9-21-31(22(33)30-20)13-23-5-3-16(10-23)32(21)23/h1-2,4,6-9,16H,3,5,10,12-13H2. The molecule has 0 amide bonds. The van der Waals surface area contributed by atoms with Crippen molar-refractivity contribution in [1.82, 2.24) is 14.5 Å². The third kappa shape index (κ3) is 3.48. The lowest BCUT2D eigenvalue weighted by atomic mass is 9.88. The number of halogens is 3. The summed E-state index contributed by atoms with van der Waals surface area (Å²) in [4.78, 5) is 22.2. The van der Waals surface area contributed by atoms with E-state index in [4.69, 9.17) is 9.47 Å². The molecular weight excluding hydrogens is 463 g/mol. The molecule has 1 spiro atoms. The van der Waals surface area contributed by atoms with Gasteiger partial charge >= 0.3 is 11.9 Å². The number of aromatic nitrogens is 3. The molecule has 178 valence electrons. The molecule has 2 aromatic heterocycles. The average molecular weight is 481 g/mol. The van der Waals surface area contributed by atoms with Crippen molar-refractivity contribution in [3.05, 3.63) is 69.9 Å². The van der Waals surface area contributed by atoms with Crippen LogP contribution in [0.1, 0.15) is 36.1 Å². The second-order valence-corrected chi connectivity index (χ2v) is 9.02. The summed E-state index contributed by atoms with van der Waals surface area (Å²) in [5.74, 6) is 1.06. The Morgan fingerprint density at radius 2 is 2.09 bits per heavy atom. The van der Waals surface area contributed by atoms with E-state index in [9.17, 15) is 23.2 Å². The minimum Gasteiger partial charge on any atom is -0.473 e. The molecule has 11 heteroatoms. The smallest absolute Gasteiger partial charge is 0.433 e. The maximum atomic E-state index is 12.9. The van der Waals surface area contributed by atoms with Crippen molar-refractivity contribution in [2.45, 2.75) is 50.2 Å². The van der Waals surface area contributed by atoms with Crippen LogP contribution in [0, 0.1) is 11.3 Å². The van der Waals surface area contributed by atoms with E-state index in [-0.39, 0.29) is 40.8 Å². The summed E-state index contributed by atoms with van der Waals surface area (Å²) in [6.45, 7) is 0.715. The molecule has 3 aromatic rings. The summed E-state index contributed by atoms with van der Waals surface area (Å²) < 4.78 is 51.7. The fourth-order valence-electron chi connectivity index (χ4n) is 5.39. The first-order valence-electron chi connectivity index (χ1n) is 11.0. The molecular formula is C24H18F3N5O3. The number of ether oxygens (including phenoxy) is 2. The number of nitriles is 1. The van der Waals surface area contributed by atoms with Gasteiger partial charge in [-0.1, -0.05) is 6.07 Å². The first-order valence-corrected chi connectivity index (χ1v) is 11.0. The molecule has 35 heavy (non-hydrogen) atoms. The predicted molar refractivity (Wildman–Crippen MR) is 116 cm³/mol. The maximum absolute atomic E-state index is 12.9. The van der Waals surface area contributed by atoms with Crippen molar-refractivity contribution < 1.29 is 22.6 Å². The van der Waals surface area contributed by atoms with Crippen LogP contribution in [0.25, 0.3) is 0 Å². The summed E-state index contributed by atoms with van der Waals surface area (Å²) in [5, 5.41) is 9.52. The second-order valence-electron chi connectivity index (χ2n) is 9.02. The van der Waals surface area contributed by atoms with E-state index in [0.29, 0.717) is 18.2 Å². The van der Waals surface area contributed by atoms with Gasteiger partial charge < -0.3 is 14.4 Å². The highest BCUT2D eigenvalue weighted by Gasteiger charge is 2.61. The molecule has 5 heterocycles. The number of rotatable bonds is 5. The van der Waals surface area contributed by atoms with Crippen LogP contribution in [0.3, 0.4) is 0 Å². The highest BCUT2D eigenvalue weighted by atomic mass is 19.4. The van der Waals surface area contributed by atoms with E-state index >= 15 is 0 Å². The Hall–Kier alpha value is -4.07. The zero-order valence-corrected chi connectivity index (χ0v) is 18.2. The van der Waals surface area contributed by atoms with E-state index in [2.05, 4.69) is 14.9 Å². The summed E-state index contributed by atoms with van der Waals surface area (Å²) >= 11 is 0. The molecule has 2 bridgehead atoms. The van der Waals surface area contributed by atoms with Crippen molar-refractivity contribution in [3.63, 3.8) is 0 Å². The molecule has 3 aliphatic heterocycles. The fourth-order valence-corrected chi connectivity index (χ4v) is 5.39. The molecule has 1 saturated carbocycles. The lowest BCUT2D eigenvalue weighted by molar-refractivity contribution is -0.141. The Morgan fingerprint density at radius 3 is 2.86 bits per heavy atom. The van der Waals surface area contributed by atoms with Gasteiger partial charge in [-0.25, -0.2) is 4.79 Å². The van der Waals surface area contributed by atoms with E-state index in [1.54, 1.807) is 16.7 Å². The largest absolute Gasteiger partial charge is 0.473 e. The van der Waals surface area contributed by atoms with Gasteiger partial charge in [0.2, 0.25) is 5.88 Å². The van der Waals surface area contributed by atoms with Crippen LogP contribution in [0.4, 0.5) is 19.0 Å². The Bertz CT molecular complexity index is 1440. The zero-order valence-electron chi connectivity index (χ0n) is 18.2. The SMILES string of the molecule is N#Cc1cc(COc2cc3n(c(=O)n2)CC24CCC(C2)N34)ccc1Oc1ccnc(C(F)(F)F)c1. The van der Waals surface area contributed by atoms with E-state index in [1.165, 1.54) is 18.2 Å². The molecule has 7 rings (SSSR count). The fraction of sp³-hybridized carbons (Fsp3) is 0.333. The van der Waals surface area contributed by atoms with Gasteiger partial charge in [-0.15, -0.1) is 0 Å². The number of pyridine rings is 1. The van der Waals surface area contributed by atoms with Crippen molar-refractivity contribution >= 4 is 5.82 Å². The lowest BCUT2D eigenvalue weighted by Crippen LogP contribution is -2.57. The normalized spacial score (nSPS) is 21.7. The van der Waals surface area contributed by atoms with Crippen molar-refractivity contribution in [2.24, 2.45) is 0 Å². The van der Waals surface area contributed by atoms with Crippen LogP contribution in [0.15, 0.2) is 47.4 Å². The predicted octanol–water partition coefficient (Wildman–Crippen LogP) is 4.02. The highest BCUT2D eigenvalue weighted by molar-refractivity contribution is 5.57. The minimum absolute atomic E-state index is 0.0485. The number of fused-ring (bicyclic) bond motifs is 2. The minimum atomic E-state index is -4.61. The molecule has 1 aromatic carbocycles. The van der Waals surface area contributed by atoms with Crippen LogP contribution in [0.5, 0.6) is 17.4 Å². The number of hydrogen-bond donors (Lipinski definition) is 0. The summed E-state index contributed by atoms with van der Waals surface area (Å²) in [6, 6.07) is 10.9. The van der Waals surface area contributed by atoms with Crippen molar-refractivity contribution in [3.8, 4) is 23.4 Å². The second kappa shape index (κ2) is 7.46. The third-order valence-corrected chi connectivity index (χ3v) is 6.90. The maximum Gasteiger partial charge on any atom is 0.433 e. The first kappa shape index (κ1) is 21.5. The quantitative estimate of drug-likeness (QED) is 0.543. The number of alkyl halides is 3. The molecule has 0 radical (unpaired) electrons. The van der Waals surface area contributed by atoms with E-state index in [1.807, 2.05) is 6.07 Å². The molecule has 3 fully saturated rings. The van der Waals surface area contributed by atoms with Gasteiger partial charge in [0.05, 0.1) is 17.6 Å². The van der Waals surface area contributed by atoms with Gasteiger partial charge in [0.25, 0.3) is 0 Å². The molecule has 2 unspecified atom stereocenters. The third-order valence-electron chi connectivity index (χ3n) is 6.90. The summed E-state index contributed by atoms with van der Waals surface area (Å²) in [6.07, 6.45) is -0.298. The van der Waals surface area contributed by atoms with Crippen LogP contribution in [-0.4, -0.2) is 26.1 Å². The van der Waals surface area contributed by atoms with Gasteiger partial charge in [-0.05, 0) is 43.0 Å². The lowest BCUT2D eigenvalue weighted by Gasteiger charge is -2.47. The number of nitrogens with zero attached hydrogens (tertiary/aromatic N) is 5.